The molecule has 0 aromatic carbocycles. The first-order chi connectivity index (χ1) is 7.00. The second kappa shape index (κ2) is 4.97. The Bertz CT molecular complexity index is 222. The zero-order valence-electron chi connectivity index (χ0n) is 10.4. The molecule has 3 heteroatoms. The van der Waals surface area contributed by atoms with Crippen LogP contribution in [0.1, 0.15) is 33.1 Å². The summed E-state index contributed by atoms with van der Waals surface area (Å²) >= 11 is 0. The van der Waals surface area contributed by atoms with E-state index in [4.69, 9.17) is 4.74 Å². The van der Waals surface area contributed by atoms with Crippen LogP contribution in [0.25, 0.3) is 0 Å². The molecule has 88 valence electrons. The van der Waals surface area contributed by atoms with E-state index in [1.165, 1.54) is 13.5 Å². The minimum absolute atomic E-state index is 0.0288. The Morgan fingerprint density at radius 3 is 2.47 bits per heavy atom. The number of nitrogens with zero attached hydrogens (tertiary/aromatic N) is 1. The number of esters is 1. The number of carbonyl (C=O) groups excluding carboxylic acids is 1. The van der Waals surface area contributed by atoms with Crippen molar-refractivity contribution in [2.45, 2.75) is 33.1 Å². The van der Waals surface area contributed by atoms with Crippen molar-refractivity contribution in [2.75, 3.05) is 27.2 Å². The summed E-state index contributed by atoms with van der Waals surface area (Å²) in [7, 11) is 3.57. The Morgan fingerprint density at radius 2 is 2.07 bits per heavy atom. The minimum Gasteiger partial charge on any atom is -0.469 e. The molecule has 0 aliphatic heterocycles. The molecule has 0 spiro atoms. The second-order valence-electron chi connectivity index (χ2n) is 5.19. The molecule has 0 atom stereocenters. The number of hydrogen-bond acceptors (Lipinski definition) is 3. The summed E-state index contributed by atoms with van der Waals surface area (Å²) in [5.74, 6) is 0.694. The molecular formula is C12H23NO2. The van der Waals surface area contributed by atoms with E-state index in [2.05, 4.69) is 25.8 Å². The van der Waals surface area contributed by atoms with Gasteiger partial charge in [-0.1, -0.05) is 13.8 Å². The van der Waals surface area contributed by atoms with E-state index in [0.29, 0.717) is 0 Å². The van der Waals surface area contributed by atoms with E-state index >= 15 is 0 Å². The van der Waals surface area contributed by atoms with Gasteiger partial charge in [-0.3, -0.25) is 4.79 Å². The quantitative estimate of drug-likeness (QED) is 0.631. The van der Waals surface area contributed by atoms with Gasteiger partial charge in [0.1, 0.15) is 0 Å². The van der Waals surface area contributed by atoms with Crippen molar-refractivity contribution in [2.24, 2.45) is 11.3 Å². The predicted octanol–water partition coefficient (Wildman–Crippen LogP) is 1.92. The van der Waals surface area contributed by atoms with Crippen LogP contribution in [0, 0.1) is 11.3 Å². The van der Waals surface area contributed by atoms with Crippen LogP contribution in [0.3, 0.4) is 0 Å². The summed E-state index contributed by atoms with van der Waals surface area (Å²) in [4.78, 5) is 13.8. The van der Waals surface area contributed by atoms with Gasteiger partial charge >= 0.3 is 5.97 Å². The summed E-state index contributed by atoms with van der Waals surface area (Å²) in [5, 5.41) is 0. The molecule has 0 unspecified atom stereocenters. The van der Waals surface area contributed by atoms with Gasteiger partial charge in [-0.15, -0.1) is 0 Å². The number of carbonyl (C=O) groups is 1. The van der Waals surface area contributed by atoms with Crippen molar-refractivity contribution >= 4 is 5.97 Å². The molecule has 0 heterocycles. The van der Waals surface area contributed by atoms with Crippen LogP contribution in [0.15, 0.2) is 0 Å². The van der Waals surface area contributed by atoms with Gasteiger partial charge in [0.15, 0.2) is 0 Å². The molecule has 1 fully saturated rings. The SMILES string of the molecule is COC(=O)C1(CN(C)CCC(C)C)CC1. The maximum absolute atomic E-state index is 11.5. The molecule has 0 radical (unpaired) electrons. The number of hydrogen-bond donors (Lipinski definition) is 0. The average Bonchev–Trinajstić information content (AvgIpc) is 2.94. The molecule has 0 saturated heterocycles. The summed E-state index contributed by atoms with van der Waals surface area (Å²) in [6, 6.07) is 0. The highest BCUT2D eigenvalue weighted by Gasteiger charge is 2.51. The van der Waals surface area contributed by atoms with Gasteiger partial charge < -0.3 is 9.64 Å². The topological polar surface area (TPSA) is 29.5 Å². The van der Waals surface area contributed by atoms with Gasteiger partial charge in [0, 0.05) is 6.54 Å². The van der Waals surface area contributed by atoms with Gasteiger partial charge in [0.2, 0.25) is 0 Å². The van der Waals surface area contributed by atoms with E-state index < -0.39 is 0 Å². The summed E-state index contributed by atoms with van der Waals surface area (Å²) < 4.78 is 4.84. The highest BCUT2D eigenvalue weighted by atomic mass is 16.5. The molecule has 1 rings (SSSR count). The molecule has 0 bridgehead atoms. The Hall–Kier alpha value is -0.570. The zero-order chi connectivity index (χ0) is 11.5. The van der Waals surface area contributed by atoms with E-state index in [-0.39, 0.29) is 11.4 Å². The maximum atomic E-state index is 11.5. The fourth-order valence-corrected chi connectivity index (χ4v) is 1.87. The molecule has 15 heavy (non-hydrogen) atoms. The van der Waals surface area contributed by atoms with E-state index in [1.54, 1.807) is 0 Å². The smallest absolute Gasteiger partial charge is 0.313 e. The standard InChI is InChI=1S/C12H23NO2/c1-10(2)5-8-13(3)9-12(6-7-12)11(14)15-4/h10H,5-9H2,1-4H3. The van der Waals surface area contributed by atoms with Gasteiger partial charge in [-0.25, -0.2) is 0 Å². The Balaban J connectivity index is 2.31. The molecule has 1 aliphatic rings. The summed E-state index contributed by atoms with van der Waals surface area (Å²) in [6.45, 7) is 6.37. The maximum Gasteiger partial charge on any atom is 0.313 e. The van der Waals surface area contributed by atoms with Crippen LogP contribution in [0.2, 0.25) is 0 Å². The number of methoxy groups -OCH3 is 1. The third-order valence-corrected chi connectivity index (χ3v) is 3.13. The number of ether oxygens (including phenoxy) is 1. The van der Waals surface area contributed by atoms with Gasteiger partial charge in [-0.2, -0.15) is 0 Å². The molecule has 3 nitrogen and oxygen atoms in total. The van der Waals surface area contributed by atoms with Crippen molar-refractivity contribution in [3.05, 3.63) is 0 Å². The lowest BCUT2D eigenvalue weighted by Gasteiger charge is -2.22. The fourth-order valence-electron chi connectivity index (χ4n) is 1.87. The van der Waals surface area contributed by atoms with Crippen LogP contribution in [0.4, 0.5) is 0 Å². The summed E-state index contributed by atoms with van der Waals surface area (Å²) in [6.07, 6.45) is 3.17. The van der Waals surface area contributed by atoms with Crippen molar-refractivity contribution in [1.82, 2.24) is 4.90 Å². The fraction of sp³-hybridized carbons (Fsp3) is 0.917. The minimum atomic E-state index is -0.166. The first-order valence-electron chi connectivity index (χ1n) is 5.77. The van der Waals surface area contributed by atoms with Crippen molar-refractivity contribution in [3.63, 3.8) is 0 Å². The van der Waals surface area contributed by atoms with Gasteiger partial charge in [0.25, 0.3) is 0 Å². The molecule has 0 aromatic heterocycles. The zero-order valence-corrected chi connectivity index (χ0v) is 10.4. The second-order valence-corrected chi connectivity index (χ2v) is 5.19. The normalized spacial score (nSPS) is 18.3. The molecule has 0 N–H and O–H groups in total. The van der Waals surface area contributed by atoms with Gasteiger partial charge in [-0.05, 0) is 38.8 Å². The van der Waals surface area contributed by atoms with Crippen molar-refractivity contribution in [1.29, 1.82) is 0 Å². The van der Waals surface area contributed by atoms with Crippen LogP contribution in [0.5, 0.6) is 0 Å². The van der Waals surface area contributed by atoms with E-state index in [0.717, 1.165) is 31.8 Å². The highest BCUT2D eigenvalue weighted by molar-refractivity contribution is 5.80. The lowest BCUT2D eigenvalue weighted by Crippen LogP contribution is -2.33. The largest absolute Gasteiger partial charge is 0.469 e. The molecule has 1 saturated carbocycles. The molecule has 0 aromatic rings. The Kier molecular flexibility index (Phi) is 4.14. The third kappa shape index (κ3) is 3.49. The van der Waals surface area contributed by atoms with Crippen molar-refractivity contribution in [3.8, 4) is 0 Å². The number of rotatable bonds is 6. The summed E-state index contributed by atoms with van der Waals surface area (Å²) in [5.41, 5.74) is -0.166. The molecular weight excluding hydrogens is 190 g/mol. The lowest BCUT2D eigenvalue weighted by atomic mass is 10.1. The molecule has 1 aliphatic carbocycles. The first-order valence-corrected chi connectivity index (χ1v) is 5.77. The van der Waals surface area contributed by atoms with Crippen molar-refractivity contribution < 1.29 is 9.53 Å². The van der Waals surface area contributed by atoms with Crippen LogP contribution in [-0.2, 0) is 9.53 Å². The Morgan fingerprint density at radius 1 is 1.47 bits per heavy atom. The average molecular weight is 213 g/mol. The van der Waals surface area contributed by atoms with E-state index in [1.807, 2.05) is 0 Å². The molecule has 0 amide bonds. The third-order valence-electron chi connectivity index (χ3n) is 3.13. The lowest BCUT2D eigenvalue weighted by molar-refractivity contribution is -0.147. The highest BCUT2D eigenvalue weighted by Crippen LogP contribution is 2.47. The van der Waals surface area contributed by atoms with Gasteiger partial charge in [0.05, 0.1) is 12.5 Å². The van der Waals surface area contributed by atoms with Crippen LogP contribution >= 0.6 is 0 Å². The monoisotopic (exact) mass is 213 g/mol. The Labute approximate surface area is 92.8 Å². The predicted molar refractivity (Wildman–Crippen MR) is 60.6 cm³/mol. The van der Waals surface area contributed by atoms with E-state index in [9.17, 15) is 4.79 Å². The van der Waals surface area contributed by atoms with Crippen LogP contribution in [-0.4, -0.2) is 38.1 Å². The van der Waals surface area contributed by atoms with Crippen LogP contribution < -0.4 is 0 Å². The first kappa shape index (κ1) is 12.5.